The van der Waals surface area contributed by atoms with E-state index >= 15 is 0 Å². The van der Waals surface area contributed by atoms with Gasteiger partial charge in [-0.3, -0.25) is 0 Å². The second-order valence-corrected chi connectivity index (χ2v) is 8.17. The highest BCUT2D eigenvalue weighted by atomic mass is 28.4. The summed E-state index contributed by atoms with van der Waals surface area (Å²) in [5, 5.41) is 1.90. The first-order chi connectivity index (χ1) is 8.10. The highest BCUT2D eigenvalue weighted by Crippen LogP contribution is 2.28. The van der Waals surface area contributed by atoms with Crippen LogP contribution >= 0.6 is 0 Å². The monoisotopic (exact) mass is 250 g/mol. The zero-order valence-corrected chi connectivity index (χ0v) is 11.7. The van der Waals surface area contributed by atoms with E-state index in [4.69, 9.17) is 13.6 Å². The predicted molar refractivity (Wildman–Crippen MR) is 71.5 cm³/mol. The number of para-hydroxylation sites is 1. The van der Waals surface area contributed by atoms with Crippen LogP contribution in [0.3, 0.4) is 0 Å². The first-order valence-corrected chi connectivity index (χ1v) is 8.71. The Balaban J connectivity index is 2.61. The highest BCUT2D eigenvalue weighted by Gasteiger charge is 2.34. The predicted octanol–water partition coefficient (Wildman–Crippen LogP) is 2.89. The van der Waals surface area contributed by atoms with Crippen LogP contribution in [-0.2, 0) is 4.43 Å². The van der Waals surface area contributed by atoms with Crippen molar-refractivity contribution in [2.45, 2.75) is 20.0 Å². The van der Waals surface area contributed by atoms with E-state index in [0.717, 1.165) is 22.1 Å². The molecular formula is C13H18O3Si. The Hall–Kier alpha value is -1.26. The summed E-state index contributed by atoms with van der Waals surface area (Å²) in [5.74, 6) is 0.825. The maximum absolute atomic E-state index is 5.92. The molecule has 0 N–H and O–H groups in total. The Morgan fingerprint density at radius 2 is 1.94 bits per heavy atom. The van der Waals surface area contributed by atoms with Gasteiger partial charge in [-0.2, -0.15) is 0 Å². The van der Waals surface area contributed by atoms with Crippen molar-refractivity contribution in [3.8, 4) is 5.75 Å². The van der Waals surface area contributed by atoms with Crippen molar-refractivity contribution >= 4 is 24.7 Å². The molecule has 0 aliphatic rings. The fraction of sp³-hybridized carbons (Fsp3) is 0.385. The Kier molecular flexibility index (Phi) is 3.26. The highest BCUT2D eigenvalue weighted by molar-refractivity contribution is 6.84. The molecule has 1 aromatic carbocycles. The van der Waals surface area contributed by atoms with E-state index < -0.39 is 8.32 Å². The summed E-state index contributed by atoms with van der Waals surface area (Å²) in [6.07, 6.45) is 0. The van der Waals surface area contributed by atoms with Crippen molar-refractivity contribution in [1.82, 2.24) is 0 Å². The van der Waals surface area contributed by atoms with Crippen LogP contribution in [0.1, 0.15) is 6.92 Å². The number of hydrogen-bond acceptors (Lipinski definition) is 3. The van der Waals surface area contributed by atoms with Gasteiger partial charge in [0.05, 0.1) is 12.5 Å². The van der Waals surface area contributed by atoms with Gasteiger partial charge in [0.1, 0.15) is 5.58 Å². The summed E-state index contributed by atoms with van der Waals surface area (Å²) in [7, 11) is -0.342. The number of rotatable bonds is 4. The zero-order valence-electron chi connectivity index (χ0n) is 10.7. The summed E-state index contributed by atoms with van der Waals surface area (Å²) < 4.78 is 17.3. The van der Waals surface area contributed by atoms with Crippen LogP contribution in [0.2, 0.25) is 13.1 Å². The molecule has 17 heavy (non-hydrogen) atoms. The van der Waals surface area contributed by atoms with Gasteiger partial charge in [-0.05, 0) is 32.2 Å². The molecule has 0 saturated carbocycles. The number of benzene rings is 1. The summed E-state index contributed by atoms with van der Waals surface area (Å²) in [6.45, 7) is 6.94. The standard InChI is InChI=1S/C13H18O3Si/c1-5-15-17(3,4)13-12(14-2)10-8-6-7-9-11(10)16-13/h6-9H,5H2,1-4H3. The summed E-state index contributed by atoms with van der Waals surface area (Å²) >= 11 is 0. The van der Waals surface area contributed by atoms with E-state index in [-0.39, 0.29) is 0 Å². The summed E-state index contributed by atoms with van der Waals surface area (Å²) in [4.78, 5) is 0. The molecule has 0 bridgehead atoms. The normalized spacial score (nSPS) is 12.0. The fourth-order valence-electron chi connectivity index (χ4n) is 2.05. The number of hydrogen-bond donors (Lipinski definition) is 0. The summed E-state index contributed by atoms with van der Waals surface area (Å²) in [5.41, 5.74) is 0.861. The van der Waals surface area contributed by atoms with Crippen molar-refractivity contribution in [3.63, 3.8) is 0 Å². The van der Waals surface area contributed by atoms with Crippen LogP contribution in [-0.4, -0.2) is 22.0 Å². The van der Waals surface area contributed by atoms with Gasteiger partial charge >= 0.3 is 0 Å². The quantitative estimate of drug-likeness (QED) is 0.782. The molecule has 0 aliphatic carbocycles. The number of fused-ring (bicyclic) bond motifs is 1. The third kappa shape index (κ3) is 2.10. The average molecular weight is 250 g/mol. The lowest BCUT2D eigenvalue weighted by molar-refractivity contribution is 0.331. The molecule has 0 aliphatic heterocycles. The molecule has 0 radical (unpaired) electrons. The van der Waals surface area contributed by atoms with E-state index in [1.807, 2.05) is 31.2 Å². The van der Waals surface area contributed by atoms with Crippen LogP contribution in [0.25, 0.3) is 11.0 Å². The Morgan fingerprint density at radius 3 is 2.59 bits per heavy atom. The fourth-order valence-corrected chi connectivity index (χ4v) is 4.04. The molecule has 0 atom stereocenters. The van der Waals surface area contributed by atoms with Crippen molar-refractivity contribution in [2.24, 2.45) is 0 Å². The third-order valence-electron chi connectivity index (χ3n) is 2.81. The van der Waals surface area contributed by atoms with Crippen molar-refractivity contribution in [1.29, 1.82) is 0 Å². The molecule has 0 amide bonds. The molecule has 3 nitrogen and oxygen atoms in total. The molecule has 4 heteroatoms. The molecule has 0 unspecified atom stereocenters. The van der Waals surface area contributed by atoms with E-state index in [2.05, 4.69) is 13.1 Å². The van der Waals surface area contributed by atoms with E-state index in [0.29, 0.717) is 6.61 Å². The molecular weight excluding hydrogens is 232 g/mol. The zero-order chi connectivity index (χ0) is 12.5. The van der Waals surface area contributed by atoms with Crippen LogP contribution in [0.15, 0.2) is 28.7 Å². The molecule has 1 heterocycles. The molecule has 0 fully saturated rings. The third-order valence-corrected chi connectivity index (χ3v) is 5.24. The largest absolute Gasteiger partial charge is 0.493 e. The lowest BCUT2D eigenvalue weighted by Crippen LogP contribution is -2.44. The van der Waals surface area contributed by atoms with Gasteiger partial charge in [0, 0.05) is 6.61 Å². The van der Waals surface area contributed by atoms with Crippen molar-refractivity contribution < 1.29 is 13.6 Å². The first-order valence-electron chi connectivity index (χ1n) is 5.80. The van der Waals surface area contributed by atoms with Crippen LogP contribution in [0, 0.1) is 0 Å². The number of furan rings is 1. The van der Waals surface area contributed by atoms with Crippen LogP contribution in [0.5, 0.6) is 5.75 Å². The molecule has 1 aromatic heterocycles. The van der Waals surface area contributed by atoms with Crippen molar-refractivity contribution in [2.75, 3.05) is 13.7 Å². The minimum atomic E-state index is -2.02. The number of ether oxygens (including phenoxy) is 1. The van der Waals surface area contributed by atoms with Gasteiger partial charge < -0.3 is 13.6 Å². The van der Waals surface area contributed by atoms with Gasteiger partial charge in [-0.15, -0.1) is 0 Å². The van der Waals surface area contributed by atoms with Gasteiger partial charge in [0.2, 0.25) is 0 Å². The molecule has 2 aromatic rings. The molecule has 0 saturated heterocycles. The van der Waals surface area contributed by atoms with Crippen LogP contribution < -0.4 is 10.1 Å². The lowest BCUT2D eigenvalue weighted by Gasteiger charge is -2.20. The van der Waals surface area contributed by atoms with Crippen LogP contribution in [0.4, 0.5) is 0 Å². The maximum atomic E-state index is 5.92. The van der Waals surface area contributed by atoms with Gasteiger partial charge in [-0.1, -0.05) is 12.1 Å². The second kappa shape index (κ2) is 4.54. The van der Waals surface area contributed by atoms with E-state index in [1.54, 1.807) is 7.11 Å². The Labute approximate surface area is 102 Å². The smallest absolute Gasteiger partial charge is 0.262 e. The Bertz CT molecular complexity index is 516. The minimum absolute atomic E-state index is 0.694. The molecule has 2 rings (SSSR count). The summed E-state index contributed by atoms with van der Waals surface area (Å²) in [6, 6.07) is 7.92. The number of methoxy groups -OCH3 is 1. The Morgan fingerprint density at radius 1 is 1.24 bits per heavy atom. The van der Waals surface area contributed by atoms with E-state index in [1.165, 1.54) is 0 Å². The minimum Gasteiger partial charge on any atom is -0.493 e. The van der Waals surface area contributed by atoms with Gasteiger partial charge in [-0.25, -0.2) is 0 Å². The topological polar surface area (TPSA) is 31.6 Å². The van der Waals surface area contributed by atoms with Gasteiger partial charge in [0.25, 0.3) is 8.32 Å². The van der Waals surface area contributed by atoms with Crippen molar-refractivity contribution in [3.05, 3.63) is 24.3 Å². The maximum Gasteiger partial charge on any atom is 0.262 e. The lowest BCUT2D eigenvalue weighted by atomic mass is 10.2. The first kappa shape index (κ1) is 12.2. The van der Waals surface area contributed by atoms with E-state index in [9.17, 15) is 0 Å². The average Bonchev–Trinajstić information content (AvgIpc) is 2.68. The SMILES string of the molecule is CCO[Si](C)(C)c1oc2ccccc2c1OC. The molecule has 0 spiro atoms. The second-order valence-electron chi connectivity index (χ2n) is 4.40. The molecule has 92 valence electrons. The van der Waals surface area contributed by atoms with Gasteiger partial charge in [0.15, 0.2) is 11.1 Å².